The van der Waals surface area contributed by atoms with Gasteiger partial charge in [0.05, 0.1) is 0 Å². The van der Waals surface area contributed by atoms with Crippen LogP contribution in [0.15, 0.2) is 0 Å². The Bertz CT molecular complexity index is 162. The van der Waals surface area contributed by atoms with E-state index < -0.39 is 17.0 Å². The molecule has 1 saturated carbocycles. The standard InChI is InChI=1S/C6H8ClFO2/c7-6(5(9)10)2-1-4(8)3-6/h4H,1-3H2,(H,9,10). The molecule has 2 atom stereocenters. The zero-order valence-corrected chi connectivity index (χ0v) is 6.07. The van der Waals surface area contributed by atoms with Gasteiger partial charge in [-0.05, 0) is 12.8 Å². The summed E-state index contributed by atoms with van der Waals surface area (Å²) in [5, 5.41) is 8.49. The second-order valence-electron chi connectivity index (χ2n) is 2.61. The van der Waals surface area contributed by atoms with Gasteiger partial charge in [0.2, 0.25) is 0 Å². The molecule has 10 heavy (non-hydrogen) atoms. The Labute approximate surface area is 63.0 Å². The minimum atomic E-state index is -1.32. The predicted molar refractivity (Wildman–Crippen MR) is 35.0 cm³/mol. The van der Waals surface area contributed by atoms with Crippen molar-refractivity contribution in [2.24, 2.45) is 0 Å². The van der Waals surface area contributed by atoms with Gasteiger partial charge in [-0.15, -0.1) is 11.6 Å². The van der Waals surface area contributed by atoms with E-state index in [9.17, 15) is 9.18 Å². The molecular weight excluding hydrogens is 159 g/mol. The summed E-state index contributed by atoms with van der Waals surface area (Å²) >= 11 is 5.56. The maximum Gasteiger partial charge on any atom is 0.324 e. The van der Waals surface area contributed by atoms with Gasteiger partial charge in [-0.25, -0.2) is 4.39 Å². The summed E-state index contributed by atoms with van der Waals surface area (Å²) in [5.41, 5.74) is 0. The summed E-state index contributed by atoms with van der Waals surface area (Å²) in [4.78, 5) is 9.05. The fourth-order valence-electron chi connectivity index (χ4n) is 1.13. The maximum atomic E-state index is 12.4. The SMILES string of the molecule is O=C(O)C1(Cl)CCC(F)C1. The smallest absolute Gasteiger partial charge is 0.324 e. The van der Waals surface area contributed by atoms with Gasteiger partial charge in [0.25, 0.3) is 0 Å². The molecule has 0 spiro atoms. The van der Waals surface area contributed by atoms with E-state index in [4.69, 9.17) is 16.7 Å². The van der Waals surface area contributed by atoms with Crippen LogP contribution in [0.1, 0.15) is 19.3 Å². The maximum absolute atomic E-state index is 12.4. The van der Waals surface area contributed by atoms with Crippen LogP contribution in [0.2, 0.25) is 0 Å². The van der Waals surface area contributed by atoms with Gasteiger partial charge in [0.15, 0.2) is 0 Å². The first-order valence-electron chi connectivity index (χ1n) is 3.11. The molecule has 1 aliphatic carbocycles. The molecule has 2 nitrogen and oxygen atoms in total. The zero-order chi connectivity index (χ0) is 7.78. The minimum Gasteiger partial charge on any atom is -0.480 e. The van der Waals surface area contributed by atoms with E-state index in [1.165, 1.54) is 0 Å². The quantitative estimate of drug-likeness (QED) is 0.601. The van der Waals surface area contributed by atoms with E-state index in [0.29, 0.717) is 0 Å². The third-order valence-electron chi connectivity index (χ3n) is 1.78. The lowest BCUT2D eigenvalue weighted by Crippen LogP contribution is -2.29. The lowest BCUT2D eigenvalue weighted by molar-refractivity contribution is -0.140. The van der Waals surface area contributed by atoms with Gasteiger partial charge < -0.3 is 5.11 Å². The van der Waals surface area contributed by atoms with Crippen molar-refractivity contribution in [1.29, 1.82) is 0 Å². The Morgan fingerprint density at radius 1 is 1.80 bits per heavy atom. The summed E-state index contributed by atoms with van der Waals surface area (Å²) < 4.78 is 12.4. The first-order valence-corrected chi connectivity index (χ1v) is 3.49. The molecule has 58 valence electrons. The van der Waals surface area contributed by atoms with E-state index in [2.05, 4.69) is 0 Å². The summed E-state index contributed by atoms with van der Waals surface area (Å²) in [6.45, 7) is 0. The van der Waals surface area contributed by atoms with Crippen molar-refractivity contribution in [3.8, 4) is 0 Å². The van der Waals surface area contributed by atoms with Crippen LogP contribution in [0.4, 0.5) is 4.39 Å². The summed E-state index contributed by atoms with van der Waals surface area (Å²) in [5.74, 6) is -1.10. The third-order valence-corrected chi connectivity index (χ3v) is 2.29. The Balaban J connectivity index is 2.63. The number of carboxylic acid groups (broad SMARTS) is 1. The molecule has 0 saturated heterocycles. The van der Waals surface area contributed by atoms with Crippen LogP contribution >= 0.6 is 11.6 Å². The topological polar surface area (TPSA) is 37.3 Å². The number of alkyl halides is 2. The minimum absolute atomic E-state index is 0.0517. The van der Waals surface area contributed by atoms with Gasteiger partial charge in [-0.1, -0.05) is 0 Å². The van der Waals surface area contributed by atoms with Crippen molar-refractivity contribution in [2.75, 3.05) is 0 Å². The van der Waals surface area contributed by atoms with Gasteiger partial charge in [0, 0.05) is 6.42 Å². The first-order chi connectivity index (χ1) is 4.54. The molecular formula is C6H8ClFO2. The second-order valence-corrected chi connectivity index (χ2v) is 3.33. The van der Waals surface area contributed by atoms with Crippen molar-refractivity contribution in [2.45, 2.75) is 30.3 Å². The number of aliphatic carboxylic acids is 1. The van der Waals surface area contributed by atoms with Crippen molar-refractivity contribution in [1.82, 2.24) is 0 Å². The molecule has 0 bridgehead atoms. The molecule has 0 aromatic carbocycles. The molecule has 0 heterocycles. The first kappa shape index (κ1) is 7.79. The zero-order valence-electron chi connectivity index (χ0n) is 5.31. The molecule has 4 heteroatoms. The van der Waals surface area contributed by atoms with Crippen LogP contribution in [-0.4, -0.2) is 22.1 Å². The van der Waals surface area contributed by atoms with Crippen LogP contribution in [0.25, 0.3) is 0 Å². The van der Waals surface area contributed by atoms with Crippen molar-refractivity contribution < 1.29 is 14.3 Å². The number of carbonyl (C=O) groups is 1. The number of carboxylic acids is 1. The van der Waals surface area contributed by atoms with Crippen molar-refractivity contribution in [3.05, 3.63) is 0 Å². The number of rotatable bonds is 1. The second kappa shape index (κ2) is 2.38. The average molecular weight is 167 g/mol. The van der Waals surface area contributed by atoms with E-state index >= 15 is 0 Å². The van der Waals surface area contributed by atoms with E-state index in [1.807, 2.05) is 0 Å². The van der Waals surface area contributed by atoms with Gasteiger partial charge >= 0.3 is 5.97 Å². The molecule has 2 unspecified atom stereocenters. The van der Waals surface area contributed by atoms with Crippen LogP contribution in [0.5, 0.6) is 0 Å². The summed E-state index contributed by atoms with van der Waals surface area (Å²) in [7, 11) is 0. The van der Waals surface area contributed by atoms with E-state index in [-0.39, 0.29) is 19.3 Å². The normalized spacial score (nSPS) is 40.0. The molecule has 1 rings (SSSR count). The van der Waals surface area contributed by atoms with Crippen LogP contribution < -0.4 is 0 Å². The Morgan fingerprint density at radius 2 is 2.40 bits per heavy atom. The van der Waals surface area contributed by atoms with E-state index in [0.717, 1.165) is 0 Å². The molecule has 1 aliphatic rings. The highest BCUT2D eigenvalue weighted by atomic mass is 35.5. The van der Waals surface area contributed by atoms with Crippen molar-refractivity contribution in [3.63, 3.8) is 0 Å². The Hall–Kier alpha value is -0.310. The summed E-state index contributed by atoms with van der Waals surface area (Å²) in [6.07, 6.45) is -0.571. The third kappa shape index (κ3) is 1.24. The van der Waals surface area contributed by atoms with Crippen LogP contribution in [-0.2, 0) is 4.79 Å². The monoisotopic (exact) mass is 166 g/mol. The predicted octanol–water partition coefficient (Wildman–Crippen LogP) is 1.57. The molecule has 0 radical (unpaired) electrons. The molecule has 0 aromatic rings. The molecule has 1 fully saturated rings. The van der Waals surface area contributed by atoms with Crippen molar-refractivity contribution >= 4 is 17.6 Å². The lowest BCUT2D eigenvalue weighted by Gasteiger charge is -2.12. The largest absolute Gasteiger partial charge is 0.480 e. The van der Waals surface area contributed by atoms with Gasteiger partial charge in [0.1, 0.15) is 11.0 Å². The van der Waals surface area contributed by atoms with Gasteiger partial charge in [-0.3, -0.25) is 4.79 Å². The molecule has 0 amide bonds. The Kier molecular flexibility index (Phi) is 1.86. The molecule has 0 aromatic heterocycles. The lowest BCUT2D eigenvalue weighted by atomic mass is 10.1. The average Bonchev–Trinajstić information content (AvgIpc) is 2.13. The number of hydrogen-bond donors (Lipinski definition) is 1. The highest BCUT2D eigenvalue weighted by Crippen LogP contribution is 2.37. The fraction of sp³-hybridized carbons (Fsp3) is 0.833. The summed E-state index contributed by atoms with van der Waals surface area (Å²) in [6, 6.07) is 0. The van der Waals surface area contributed by atoms with E-state index in [1.54, 1.807) is 0 Å². The number of hydrogen-bond acceptors (Lipinski definition) is 1. The van der Waals surface area contributed by atoms with Crippen LogP contribution in [0, 0.1) is 0 Å². The van der Waals surface area contributed by atoms with Gasteiger partial charge in [-0.2, -0.15) is 0 Å². The fourth-order valence-corrected chi connectivity index (χ4v) is 1.41. The highest BCUT2D eigenvalue weighted by Gasteiger charge is 2.44. The number of halogens is 2. The molecule has 1 N–H and O–H groups in total. The Morgan fingerprint density at radius 3 is 2.60 bits per heavy atom. The molecule has 0 aliphatic heterocycles. The van der Waals surface area contributed by atoms with Crippen LogP contribution in [0.3, 0.4) is 0 Å². The highest BCUT2D eigenvalue weighted by molar-refractivity contribution is 6.33.